The Morgan fingerprint density at radius 1 is 1.23 bits per heavy atom. The van der Waals surface area contributed by atoms with Crippen LogP contribution in [0.5, 0.6) is 5.75 Å². The van der Waals surface area contributed by atoms with Crippen molar-refractivity contribution in [1.82, 2.24) is 0 Å². The highest BCUT2D eigenvalue weighted by molar-refractivity contribution is 14.1. The molecule has 0 amide bonds. The van der Waals surface area contributed by atoms with Crippen LogP contribution in [0.15, 0.2) is 30.3 Å². The van der Waals surface area contributed by atoms with Crippen molar-refractivity contribution in [2.75, 3.05) is 0 Å². The van der Waals surface area contributed by atoms with Crippen LogP contribution in [0, 0.1) is 3.57 Å². The maximum atomic E-state index is 9.35. The van der Waals surface area contributed by atoms with Crippen LogP contribution in [0.25, 0.3) is 10.8 Å². The van der Waals surface area contributed by atoms with Gasteiger partial charge in [-0.1, -0.05) is 23.7 Å². The minimum Gasteiger partial charge on any atom is -0.508 e. The lowest BCUT2D eigenvalue weighted by Crippen LogP contribution is -1.79. The molecule has 0 aliphatic rings. The predicted octanol–water partition coefficient (Wildman–Crippen LogP) is 3.80. The van der Waals surface area contributed by atoms with Gasteiger partial charge in [0.2, 0.25) is 0 Å². The van der Waals surface area contributed by atoms with Gasteiger partial charge >= 0.3 is 0 Å². The van der Waals surface area contributed by atoms with Crippen molar-refractivity contribution in [2.45, 2.75) is 0 Å². The standard InChI is InChI=1S/C10H6ClIO/c11-8-3-1-2-6-4-7(13)5-9(12)10(6)8/h1-5,13H. The molecule has 66 valence electrons. The minimum atomic E-state index is 0.277. The number of hydrogen-bond acceptors (Lipinski definition) is 1. The molecule has 0 aliphatic heterocycles. The molecule has 3 heteroatoms. The highest BCUT2D eigenvalue weighted by Crippen LogP contribution is 2.31. The zero-order valence-electron chi connectivity index (χ0n) is 6.59. The van der Waals surface area contributed by atoms with Crippen molar-refractivity contribution in [3.63, 3.8) is 0 Å². The zero-order valence-corrected chi connectivity index (χ0v) is 9.50. The molecule has 0 saturated carbocycles. The van der Waals surface area contributed by atoms with Crippen molar-refractivity contribution in [3.05, 3.63) is 38.9 Å². The summed E-state index contributed by atoms with van der Waals surface area (Å²) >= 11 is 8.19. The molecule has 0 bridgehead atoms. The highest BCUT2D eigenvalue weighted by atomic mass is 127. The first-order valence-electron chi connectivity index (χ1n) is 3.75. The molecule has 0 aliphatic carbocycles. The van der Waals surface area contributed by atoms with Crippen LogP contribution in [0.2, 0.25) is 5.02 Å². The number of benzene rings is 2. The number of fused-ring (bicyclic) bond motifs is 1. The maximum Gasteiger partial charge on any atom is 0.117 e. The van der Waals surface area contributed by atoms with E-state index in [-0.39, 0.29) is 5.75 Å². The molecule has 0 heterocycles. The summed E-state index contributed by atoms with van der Waals surface area (Å²) in [6, 6.07) is 9.07. The molecule has 0 unspecified atom stereocenters. The number of phenolic OH excluding ortho intramolecular Hbond substituents is 1. The molecule has 0 aromatic heterocycles. The van der Waals surface area contributed by atoms with E-state index in [0.717, 1.165) is 19.4 Å². The molecule has 1 nitrogen and oxygen atoms in total. The van der Waals surface area contributed by atoms with Crippen molar-refractivity contribution in [1.29, 1.82) is 0 Å². The van der Waals surface area contributed by atoms with Crippen LogP contribution in [-0.2, 0) is 0 Å². The fraction of sp³-hybridized carbons (Fsp3) is 0. The third-order valence-electron chi connectivity index (χ3n) is 1.86. The third-order valence-corrected chi connectivity index (χ3v) is 3.03. The SMILES string of the molecule is Oc1cc(I)c2c(Cl)cccc2c1. The number of hydrogen-bond donors (Lipinski definition) is 1. The third kappa shape index (κ3) is 1.60. The van der Waals surface area contributed by atoms with E-state index in [1.54, 1.807) is 12.1 Å². The van der Waals surface area contributed by atoms with E-state index >= 15 is 0 Å². The molecule has 0 atom stereocenters. The molecule has 2 aromatic carbocycles. The lowest BCUT2D eigenvalue weighted by atomic mass is 10.1. The van der Waals surface area contributed by atoms with Gasteiger partial charge < -0.3 is 5.11 Å². The second-order valence-electron chi connectivity index (χ2n) is 2.77. The largest absolute Gasteiger partial charge is 0.508 e. The fourth-order valence-corrected chi connectivity index (χ4v) is 2.68. The van der Waals surface area contributed by atoms with E-state index in [0.29, 0.717) is 0 Å². The van der Waals surface area contributed by atoms with Gasteiger partial charge in [-0.05, 0) is 46.2 Å². The first-order chi connectivity index (χ1) is 6.18. The van der Waals surface area contributed by atoms with E-state index in [1.807, 2.05) is 18.2 Å². The smallest absolute Gasteiger partial charge is 0.117 e. The van der Waals surface area contributed by atoms with Gasteiger partial charge in [-0.15, -0.1) is 0 Å². The van der Waals surface area contributed by atoms with Gasteiger partial charge in [0.05, 0.1) is 0 Å². The normalized spacial score (nSPS) is 10.6. The van der Waals surface area contributed by atoms with Crippen molar-refractivity contribution in [3.8, 4) is 5.75 Å². The maximum absolute atomic E-state index is 9.35. The zero-order chi connectivity index (χ0) is 9.42. The monoisotopic (exact) mass is 304 g/mol. The number of rotatable bonds is 0. The molecule has 0 spiro atoms. The molecule has 0 radical (unpaired) electrons. The van der Waals surface area contributed by atoms with E-state index in [4.69, 9.17) is 11.6 Å². The fourth-order valence-electron chi connectivity index (χ4n) is 1.32. The Balaban J connectivity index is 2.94. The van der Waals surface area contributed by atoms with E-state index in [9.17, 15) is 5.11 Å². The van der Waals surface area contributed by atoms with Crippen LogP contribution in [-0.4, -0.2) is 5.11 Å². The average molecular weight is 305 g/mol. The van der Waals surface area contributed by atoms with Crippen LogP contribution in [0.4, 0.5) is 0 Å². The number of phenols is 1. The van der Waals surface area contributed by atoms with Crippen LogP contribution >= 0.6 is 34.2 Å². The number of halogens is 2. The summed E-state index contributed by atoms with van der Waals surface area (Å²) in [4.78, 5) is 0. The first-order valence-corrected chi connectivity index (χ1v) is 5.21. The Morgan fingerprint density at radius 2 is 2.00 bits per heavy atom. The summed E-state index contributed by atoms with van der Waals surface area (Å²) in [7, 11) is 0. The minimum absolute atomic E-state index is 0.277. The topological polar surface area (TPSA) is 20.2 Å². The van der Waals surface area contributed by atoms with Crippen LogP contribution in [0.3, 0.4) is 0 Å². The van der Waals surface area contributed by atoms with Gasteiger partial charge in [-0.2, -0.15) is 0 Å². The van der Waals surface area contributed by atoms with E-state index < -0.39 is 0 Å². The molecule has 0 saturated heterocycles. The molecular formula is C10H6ClIO. The summed E-state index contributed by atoms with van der Waals surface area (Å²) < 4.78 is 0.971. The Labute approximate surface area is 94.5 Å². The summed E-state index contributed by atoms with van der Waals surface area (Å²) in [5.74, 6) is 0.277. The van der Waals surface area contributed by atoms with Gasteiger partial charge in [-0.3, -0.25) is 0 Å². The Bertz CT molecular complexity index is 468. The molecule has 0 fully saturated rings. The summed E-state index contributed by atoms with van der Waals surface area (Å²) in [5.41, 5.74) is 0. The van der Waals surface area contributed by atoms with Gasteiger partial charge in [0.1, 0.15) is 5.75 Å². The van der Waals surface area contributed by atoms with Crippen LogP contribution < -0.4 is 0 Å². The summed E-state index contributed by atoms with van der Waals surface area (Å²) in [5, 5.41) is 12.0. The van der Waals surface area contributed by atoms with E-state index in [2.05, 4.69) is 22.6 Å². The molecule has 2 aromatic rings. The van der Waals surface area contributed by atoms with Crippen molar-refractivity contribution >= 4 is 45.0 Å². The molecule has 2 rings (SSSR count). The summed E-state index contributed by atoms with van der Waals surface area (Å²) in [6.45, 7) is 0. The predicted molar refractivity (Wildman–Crippen MR) is 63.3 cm³/mol. The highest BCUT2D eigenvalue weighted by Gasteiger charge is 2.04. The Morgan fingerprint density at radius 3 is 2.77 bits per heavy atom. The lowest BCUT2D eigenvalue weighted by molar-refractivity contribution is 0.476. The Kier molecular flexibility index (Phi) is 2.34. The second-order valence-corrected chi connectivity index (χ2v) is 4.33. The second kappa shape index (κ2) is 3.35. The average Bonchev–Trinajstić information content (AvgIpc) is 2.02. The van der Waals surface area contributed by atoms with Gasteiger partial charge in [0.15, 0.2) is 0 Å². The first kappa shape index (κ1) is 9.09. The summed E-state index contributed by atoms with van der Waals surface area (Å²) in [6.07, 6.45) is 0. The van der Waals surface area contributed by atoms with Gasteiger partial charge in [0.25, 0.3) is 0 Å². The number of aromatic hydroxyl groups is 1. The molecular weight excluding hydrogens is 298 g/mol. The van der Waals surface area contributed by atoms with Crippen LogP contribution in [0.1, 0.15) is 0 Å². The van der Waals surface area contributed by atoms with Crippen molar-refractivity contribution in [2.24, 2.45) is 0 Å². The Hall–Kier alpha value is -0.480. The molecule has 1 N–H and O–H groups in total. The lowest BCUT2D eigenvalue weighted by Gasteiger charge is -2.03. The van der Waals surface area contributed by atoms with E-state index in [1.165, 1.54) is 0 Å². The quantitative estimate of drug-likeness (QED) is 0.734. The van der Waals surface area contributed by atoms with Crippen molar-refractivity contribution < 1.29 is 5.11 Å². The van der Waals surface area contributed by atoms with Gasteiger partial charge in [0, 0.05) is 14.0 Å². The van der Waals surface area contributed by atoms with Gasteiger partial charge in [-0.25, -0.2) is 0 Å². The molecule has 13 heavy (non-hydrogen) atoms.